The third-order valence-electron chi connectivity index (χ3n) is 1.88. The fraction of sp³-hybridized carbons (Fsp3) is 0.400. The summed E-state index contributed by atoms with van der Waals surface area (Å²) in [6, 6.07) is 4.26. The fourth-order valence-electron chi connectivity index (χ4n) is 1.34. The van der Waals surface area contributed by atoms with E-state index in [1.54, 1.807) is 0 Å². The molecule has 0 saturated carbocycles. The molecule has 0 amide bonds. The first-order valence-corrected chi connectivity index (χ1v) is 5.15. The minimum absolute atomic E-state index is 0.653. The maximum Gasteiger partial charge on any atom is 0.0514 e. The zero-order valence-electron chi connectivity index (χ0n) is 8.02. The Balaban J connectivity index is 2.92. The second-order valence-corrected chi connectivity index (χ2v) is 4.01. The van der Waals surface area contributed by atoms with Crippen LogP contribution in [0.3, 0.4) is 0 Å². The molecule has 0 fully saturated rings. The Morgan fingerprint density at radius 3 is 2.62 bits per heavy atom. The van der Waals surface area contributed by atoms with Gasteiger partial charge in [0.2, 0.25) is 0 Å². The first kappa shape index (κ1) is 10.5. The lowest BCUT2D eigenvalue weighted by Crippen LogP contribution is -2.14. The standard InChI is InChI=1S/C10H15BrN2/c1-7-5-8(2)10(9(11)6-7)13-4-3-12/h5-6,13H,3-4,12H2,1-2H3. The molecule has 3 N–H and O–H groups in total. The smallest absolute Gasteiger partial charge is 0.0514 e. The molecule has 0 aliphatic heterocycles. The molecule has 72 valence electrons. The summed E-state index contributed by atoms with van der Waals surface area (Å²) < 4.78 is 1.11. The van der Waals surface area contributed by atoms with Crippen LogP contribution in [-0.4, -0.2) is 13.1 Å². The molecular weight excluding hydrogens is 228 g/mol. The number of aryl methyl sites for hydroxylation is 2. The van der Waals surface area contributed by atoms with E-state index in [1.807, 2.05) is 0 Å². The van der Waals surface area contributed by atoms with Gasteiger partial charge in [0.1, 0.15) is 0 Å². The van der Waals surface area contributed by atoms with Gasteiger partial charge in [0.05, 0.1) is 5.69 Å². The SMILES string of the molecule is Cc1cc(C)c(NCCN)c(Br)c1. The normalized spacial score (nSPS) is 10.2. The first-order chi connectivity index (χ1) is 6.15. The van der Waals surface area contributed by atoms with Gasteiger partial charge in [-0.1, -0.05) is 6.07 Å². The van der Waals surface area contributed by atoms with E-state index in [1.165, 1.54) is 11.1 Å². The molecule has 1 aromatic rings. The average Bonchev–Trinajstić information content (AvgIpc) is 2.02. The predicted molar refractivity (Wildman–Crippen MR) is 61.2 cm³/mol. The van der Waals surface area contributed by atoms with Gasteiger partial charge in [-0.15, -0.1) is 0 Å². The molecule has 0 aliphatic carbocycles. The van der Waals surface area contributed by atoms with E-state index >= 15 is 0 Å². The summed E-state index contributed by atoms with van der Waals surface area (Å²) in [6.45, 7) is 5.64. The number of anilines is 1. The van der Waals surface area contributed by atoms with Crippen LogP contribution in [0.25, 0.3) is 0 Å². The van der Waals surface area contributed by atoms with Crippen molar-refractivity contribution in [2.75, 3.05) is 18.4 Å². The molecule has 3 heteroatoms. The summed E-state index contributed by atoms with van der Waals surface area (Å²) in [5.41, 5.74) is 9.09. The molecule has 0 bridgehead atoms. The van der Waals surface area contributed by atoms with Gasteiger partial charge in [-0.25, -0.2) is 0 Å². The summed E-state index contributed by atoms with van der Waals surface area (Å²) in [6.07, 6.45) is 0. The van der Waals surface area contributed by atoms with E-state index in [0.29, 0.717) is 6.54 Å². The lowest BCUT2D eigenvalue weighted by molar-refractivity contribution is 1.02. The second kappa shape index (κ2) is 4.63. The molecular formula is C10H15BrN2. The van der Waals surface area contributed by atoms with Crippen molar-refractivity contribution in [2.24, 2.45) is 5.73 Å². The van der Waals surface area contributed by atoms with Crippen molar-refractivity contribution in [3.05, 3.63) is 27.7 Å². The Kier molecular flexibility index (Phi) is 3.75. The Labute approximate surface area is 87.6 Å². The summed E-state index contributed by atoms with van der Waals surface area (Å²) in [5.74, 6) is 0. The molecule has 0 spiro atoms. The summed E-state index contributed by atoms with van der Waals surface area (Å²) in [7, 11) is 0. The largest absolute Gasteiger partial charge is 0.383 e. The van der Waals surface area contributed by atoms with Gasteiger partial charge in [-0.05, 0) is 47.0 Å². The minimum atomic E-state index is 0.653. The molecule has 2 nitrogen and oxygen atoms in total. The topological polar surface area (TPSA) is 38.0 Å². The maximum atomic E-state index is 5.43. The highest BCUT2D eigenvalue weighted by Crippen LogP contribution is 2.27. The number of halogens is 1. The Morgan fingerprint density at radius 1 is 1.38 bits per heavy atom. The molecule has 0 unspecified atom stereocenters. The van der Waals surface area contributed by atoms with Crippen LogP contribution >= 0.6 is 15.9 Å². The number of rotatable bonds is 3. The third kappa shape index (κ3) is 2.71. The van der Waals surface area contributed by atoms with Crippen LogP contribution in [0.15, 0.2) is 16.6 Å². The van der Waals surface area contributed by atoms with Gasteiger partial charge in [-0.2, -0.15) is 0 Å². The van der Waals surface area contributed by atoms with Crippen LogP contribution < -0.4 is 11.1 Å². The third-order valence-corrected chi connectivity index (χ3v) is 2.50. The van der Waals surface area contributed by atoms with Gasteiger partial charge in [0.25, 0.3) is 0 Å². The second-order valence-electron chi connectivity index (χ2n) is 3.15. The fourth-order valence-corrected chi connectivity index (χ4v) is 2.15. The van der Waals surface area contributed by atoms with Gasteiger partial charge in [0, 0.05) is 17.6 Å². The Morgan fingerprint density at radius 2 is 2.08 bits per heavy atom. The van der Waals surface area contributed by atoms with E-state index in [9.17, 15) is 0 Å². The van der Waals surface area contributed by atoms with Crippen LogP contribution in [0.4, 0.5) is 5.69 Å². The molecule has 1 rings (SSSR count). The zero-order valence-corrected chi connectivity index (χ0v) is 9.61. The van der Waals surface area contributed by atoms with E-state index in [0.717, 1.165) is 16.7 Å². The van der Waals surface area contributed by atoms with Gasteiger partial charge in [0.15, 0.2) is 0 Å². The Bertz CT molecular complexity index is 274. The van der Waals surface area contributed by atoms with E-state index in [4.69, 9.17) is 5.73 Å². The number of benzene rings is 1. The maximum absolute atomic E-state index is 5.43. The lowest BCUT2D eigenvalue weighted by atomic mass is 10.1. The van der Waals surface area contributed by atoms with Crippen molar-refractivity contribution in [1.29, 1.82) is 0 Å². The number of hydrogen-bond donors (Lipinski definition) is 2. The monoisotopic (exact) mass is 242 g/mol. The lowest BCUT2D eigenvalue weighted by Gasteiger charge is -2.11. The van der Waals surface area contributed by atoms with Crippen molar-refractivity contribution < 1.29 is 0 Å². The van der Waals surface area contributed by atoms with E-state index in [-0.39, 0.29) is 0 Å². The highest BCUT2D eigenvalue weighted by molar-refractivity contribution is 9.10. The number of hydrogen-bond acceptors (Lipinski definition) is 2. The van der Waals surface area contributed by atoms with Gasteiger partial charge >= 0.3 is 0 Å². The summed E-state index contributed by atoms with van der Waals surface area (Å²) in [5, 5.41) is 3.29. The minimum Gasteiger partial charge on any atom is -0.383 e. The van der Waals surface area contributed by atoms with Gasteiger partial charge in [-0.3, -0.25) is 0 Å². The zero-order chi connectivity index (χ0) is 9.84. The molecule has 1 aromatic carbocycles. The van der Waals surface area contributed by atoms with Crippen LogP contribution in [0.2, 0.25) is 0 Å². The van der Waals surface area contributed by atoms with Crippen LogP contribution in [0.1, 0.15) is 11.1 Å². The first-order valence-electron chi connectivity index (χ1n) is 4.36. The summed E-state index contributed by atoms with van der Waals surface area (Å²) >= 11 is 3.52. The summed E-state index contributed by atoms with van der Waals surface area (Å²) in [4.78, 5) is 0. The van der Waals surface area contributed by atoms with Crippen molar-refractivity contribution in [2.45, 2.75) is 13.8 Å². The highest BCUT2D eigenvalue weighted by Gasteiger charge is 2.02. The number of nitrogens with one attached hydrogen (secondary N) is 1. The van der Waals surface area contributed by atoms with Crippen molar-refractivity contribution in [3.63, 3.8) is 0 Å². The molecule has 0 aromatic heterocycles. The van der Waals surface area contributed by atoms with E-state index < -0.39 is 0 Å². The average molecular weight is 243 g/mol. The van der Waals surface area contributed by atoms with Crippen LogP contribution in [0.5, 0.6) is 0 Å². The van der Waals surface area contributed by atoms with E-state index in [2.05, 4.69) is 47.2 Å². The molecule has 0 heterocycles. The van der Waals surface area contributed by atoms with Crippen molar-refractivity contribution >= 4 is 21.6 Å². The van der Waals surface area contributed by atoms with Crippen LogP contribution in [0, 0.1) is 13.8 Å². The van der Waals surface area contributed by atoms with Crippen molar-refractivity contribution in [1.82, 2.24) is 0 Å². The highest BCUT2D eigenvalue weighted by atomic mass is 79.9. The van der Waals surface area contributed by atoms with Gasteiger partial charge < -0.3 is 11.1 Å². The molecule has 0 aliphatic rings. The predicted octanol–water partition coefficient (Wildman–Crippen LogP) is 2.44. The van der Waals surface area contributed by atoms with Crippen LogP contribution in [-0.2, 0) is 0 Å². The molecule has 13 heavy (non-hydrogen) atoms. The quantitative estimate of drug-likeness (QED) is 0.855. The van der Waals surface area contributed by atoms with Crippen molar-refractivity contribution in [3.8, 4) is 0 Å². The molecule has 0 radical (unpaired) electrons. The Hall–Kier alpha value is -0.540. The molecule has 0 saturated heterocycles. The molecule has 0 atom stereocenters. The number of nitrogens with two attached hydrogens (primary N) is 1.